The number of likely N-dealkylation sites (tertiary alicyclic amines) is 1. The summed E-state index contributed by atoms with van der Waals surface area (Å²) in [5, 5.41) is 2.99. The Morgan fingerprint density at radius 1 is 1.19 bits per heavy atom. The first-order valence-electron chi connectivity index (χ1n) is 7.49. The summed E-state index contributed by atoms with van der Waals surface area (Å²) in [6.45, 7) is 1.42. The molecule has 1 heterocycles. The Balaban J connectivity index is 1.66. The van der Waals surface area contributed by atoms with E-state index in [-0.39, 0.29) is 17.9 Å². The molecule has 1 aliphatic carbocycles. The van der Waals surface area contributed by atoms with Gasteiger partial charge in [-0.1, -0.05) is 15.9 Å². The number of nitrogens with one attached hydrogen (secondary N) is 1. The van der Waals surface area contributed by atoms with E-state index in [0.717, 1.165) is 23.9 Å². The van der Waals surface area contributed by atoms with E-state index in [4.69, 9.17) is 0 Å². The largest absolute Gasteiger partial charge is 0.354 e. The Labute approximate surface area is 133 Å². The van der Waals surface area contributed by atoms with Gasteiger partial charge in [0, 0.05) is 23.1 Å². The van der Waals surface area contributed by atoms with Crippen molar-refractivity contribution in [1.82, 2.24) is 10.2 Å². The SMILES string of the molecule is O=C(NCC1CC1)C1CCCN1C(=O)c1ccc(Br)cc1. The predicted octanol–water partition coefficient (Wildman–Crippen LogP) is 2.58. The van der Waals surface area contributed by atoms with Crippen LogP contribution in [-0.2, 0) is 4.79 Å². The summed E-state index contributed by atoms with van der Waals surface area (Å²) in [7, 11) is 0. The van der Waals surface area contributed by atoms with E-state index in [1.54, 1.807) is 17.0 Å². The third-order valence-corrected chi connectivity index (χ3v) is 4.70. The van der Waals surface area contributed by atoms with Crippen LogP contribution in [0.15, 0.2) is 28.7 Å². The normalized spacial score (nSPS) is 21.4. The number of hydrogen-bond donors (Lipinski definition) is 1. The summed E-state index contributed by atoms with van der Waals surface area (Å²) >= 11 is 3.36. The van der Waals surface area contributed by atoms with Crippen LogP contribution in [0.25, 0.3) is 0 Å². The van der Waals surface area contributed by atoms with E-state index in [0.29, 0.717) is 18.0 Å². The fraction of sp³-hybridized carbons (Fsp3) is 0.500. The first-order valence-corrected chi connectivity index (χ1v) is 8.28. The molecule has 3 rings (SSSR count). The minimum absolute atomic E-state index is 0.00450. The fourth-order valence-electron chi connectivity index (χ4n) is 2.73. The van der Waals surface area contributed by atoms with Crippen molar-refractivity contribution in [2.24, 2.45) is 5.92 Å². The Bertz CT molecular complexity index is 540. The van der Waals surface area contributed by atoms with Gasteiger partial charge >= 0.3 is 0 Å². The number of benzene rings is 1. The number of nitrogens with zero attached hydrogens (tertiary/aromatic N) is 1. The summed E-state index contributed by atoms with van der Waals surface area (Å²) < 4.78 is 0.944. The van der Waals surface area contributed by atoms with Crippen molar-refractivity contribution >= 4 is 27.7 Å². The monoisotopic (exact) mass is 350 g/mol. The molecule has 1 unspecified atom stereocenters. The number of hydrogen-bond acceptors (Lipinski definition) is 2. The lowest BCUT2D eigenvalue weighted by molar-refractivity contribution is -0.124. The first kappa shape index (κ1) is 14.6. The Kier molecular flexibility index (Phi) is 4.29. The van der Waals surface area contributed by atoms with Crippen LogP contribution in [0, 0.1) is 5.92 Å². The van der Waals surface area contributed by atoms with Crippen molar-refractivity contribution in [2.75, 3.05) is 13.1 Å². The zero-order valence-corrected chi connectivity index (χ0v) is 13.4. The van der Waals surface area contributed by atoms with Gasteiger partial charge in [0.05, 0.1) is 0 Å². The quantitative estimate of drug-likeness (QED) is 0.907. The zero-order valence-electron chi connectivity index (χ0n) is 11.8. The lowest BCUT2D eigenvalue weighted by atomic mass is 10.1. The lowest BCUT2D eigenvalue weighted by Crippen LogP contribution is -2.46. The van der Waals surface area contributed by atoms with Crippen LogP contribution in [-0.4, -0.2) is 35.8 Å². The topological polar surface area (TPSA) is 49.4 Å². The van der Waals surface area contributed by atoms with Crippen molar-refractivity contribution in [2.45, 2.75) is 31.7 Å². The van der Waals surface area contributed by atoms with Crippen LogP contribution in [0.5, 0.6) is 0 Å². The maximum Gasteiger partial charge on any atom is 0.254 e. The second-order valence-corrected chi connectivity index (χ2v) is 6.77. The third-order valence-electron chi connectivity index (χ3n) is 4.17. The van der Waals surface area contributed by atoms with Crippen molar-refractivity contribution in [3.63, 3.8) is 0 Å². The number of halogens is 1. The average Bonchev–Trinajstić information content (AvgIpc) is 3.19. The van der Waals surface area contributed by atoms with E-state index in [9.17, 15) is 9.59 Å². The lowest BCUT2D eigenvalue weighted by Gasteiger charge is -2.24. The molecule has 1 aromatic rings. The number of carbonyl (C=O) groups is 2. The van der Waals surface area contributed by atoms with Crippen LogP contribution in [0.2, 0.25) is 0 Å². The predicted molar refractivity (Wildman–Crippen MR) is 83.9 cm³/mol. The summed E-state index contributed by atoms with van der Waals surface area (Å²) in [6.07, 6.45) is 4.08. The highest BCUT2D eigenvalue weighted by Crippen LogP contribution is 2.28. The molecule has 0 radical (unpaired) electrons. The highest BCUT2D eigenvalue weighted by atomic mass is 79.9. The molecule has 112 valence electrons. The van der Waals surface area contributed by atoms with Crippen molar-refractivity contribution < 1.29 is 9.59 Å². The van der Waals surface area contributed by atoms with Gasteiger partial charge in [-0.3, -0.25) is 9.59 Å². The minimum Gasteiger partial charge on any atom is -0.354 e. The van der Waals surface area contributed by atoms with Gasteiger partial charge in [0.15, 0.2) is 0 Å². The number of carbonyl (C=O) groups excluding carboxylic acids is 2. The van der Waals surface area contributed by atoms with Gasteiger partial charge in [0.1, 0.15) is 6.04 Å². The molecule has 1 saturated carbocycles. The fourth-order valence-corrected chi connectivity index (χ4v) is 2.99. The second-order valence-electron chi connectivity index (χ2n) is 5.85. The molecule has 2 amide bonds. The van der Waals surface area contributed by atoms with E-state index in [1.807, 2.05) is 12.1 Å². The van der Waals surface area contributed by atoms with E-state index in [1.165, 1.54) is 12.8 Å². The Morgan fingerprint density at radius 2 is 1.90 bits per heavy atom. The molecule has 2 aliphatic rings. The highest BCUT2D eigenvalue weighted by molar-refractivity contribution is 9.10. The molecule has 0 bridgehead atoms. The molecule has 0 aromatic heterocycles. The van der Waals surface area contributed by atoms with E-state index >= 15 is 0 Å². The molecule has 4 nitrogen and oxygen atoms in total. The summed E-state index contributed by atoms with van der Waals surface area (Å²) in [4.78, 5) is 26.5. The van der Waals surface area contributed by atoms with Crippen LogP contribution in [0.1, 0.15) is 36.0 Å². The molecule has 1 saturated heterocycles. The number of rotatable bonds is 4. The summed E-state index contributed by atoms with van der Waals surface area (Å²) in [6, 6.07) is 6.99. The van der Waals surface area contributed by atoms with Crippen LogP contribution >= 0.6 is 15.9 Å². The van der Waals surface area contributed by atoms with Gasteiger partial charge < -0.3 is 10.2 Å². The molecular formula is C16H19BrN2O2. The van der Waals surface area contributed by atoms with E-state index in [2.05, 4.69) is 21.2 Å². The van der Waals surface area contributed by atoms with Gasteiger partial charge in [0.2, 0.25) is 5.91 Å². The molecule has 1 aromatic carbocycles. The third kappa shape index (κ3) is 3.46. The maximum atomic E-state index is 12.6. The zero-order chi connectivity index (χ0) is 14.8. The van der Waals surface area contributed by atoms with Crippen LogP contribution in [0.3, 0.4) is 0 Å². The second kappa shape index (κ2) is 6.18. The molecule has 1 aliphatic heterocycles. The number of amides is 2. The summed E-state index contributed by atoms with van der Waals surface area (Å²) in [5.41, 5.74) is 0.639. The van der Waals surface area contributed by atoms with Crippen LogP contribution < -0.4 is 5.32 Å². The summed E-state index contributed by atoms with van der Waals surface area (Å²) in [5.74, 6) is 0.613. The Hall–Kier alpha value is -1.36. The molecule has 2 fully saturated rings. The molecule has 5 heteroatoms. The van der Waals surface area contributed by atoms with Crippen molar-refractivity contribution in [1.29, 1.82) is 0 Å². The molecule has 1 N–H and O–H groups in total. The smallest absolute Gasteiger partial charge is 0.254 e. The Morgan fingerprint density at radius 3 is 2.57 bits per heavy atom. The van der Waals surface area contributed by atoms with Gasteiger partial charge in [-0.15, -0.1) is 0 Å². The van der Waals surface area contributed by atoms with Gasteiger partial charge in [-0.25, -0.2) is 0 Å². The highest BCUT2D eigenvalue weighted by Gasteiger charge is 2.35. The van der Waals surface area contributed by atoms with Gasteiger partial charge in [-0.05, 0) is 55.9 Å². The van der Waals surface area contributed by atoms with Crippen LogP contribution in [0.4, 0.5) is 0 Å². The van der Waals surface area contributed by atoms with Gasteiger partial charge in [0.25, 0.3) is 5.91 Å². The average molecular weight is 351 g/mol. The molecule has 1 atom stereocenters. The molecule has 0 spiro atoms. The van der Waals surface area contributed by atoms with Crippen molar-refractivity contribution in [3.8, 4) is 0 Å². The molecule has 21 heavy (non-hydrogen) atoms. The maximum absolute atomic E-state index is 12.6. The van der Waals surface area contributed by atoms with E-state index < -0.39 is 0 Å². The minimum atomic E-state index is -0.306. The van der Waals surface area contributed by atoms with Gasteiger partial charge in [-0.2, -0.15) is 0 Å². The molecular weight excluding hydrogens is 332 g/mol. The standard InChI is InChI=1S/C16H19BrN2O2/c17-13-7-5-12(6-8-13)16(21)19-9-1-2-14(19)15(20)18-10-11-3-4-11/h5-8,11,14H,1-4,9-10H2,(H,18,20). The van der Waals surface area contributed by atoms with Crippen molar-refractivity contribution in [3.05, 3.63) is 34.3 Å². The first-order chi connectivity index (χ1) is 10.1.